The van der Waals surface area contributed by atoms with E-state index in [1.54, 1.807) is 24.3 Å². The van der Waals surface area contributed by atoms with Crippen LogP contribution in [-0.2, 0) is 0 Å². The van der Waals surface area contributed by atoms with E-state index in [1.165, 1.54) is 0 Å². The van der Waals surface area contributed by atoms with E-state index >= 15 is 0 Å². The van der Waals surface area contributed by atoms with E-state index in [9.17, 15) is 4.79 Å². The fraction of sp³-hybridized carbons (Fsp3) is 0.214. The van der Waals surface area contributed by atoms with Crippen LogP contribution in [0.1, 0.15) is 24.2 Å². The van der Waals surface area contributed by atoms with E-state index in [0.29, 0.717) is 12.2 Å². The average Bonchev–Trinajstić information content (AvgIpc) is 2.35. The molecule has 0 bridgehead atoms. The van der Waals surface area contributed by atoms with Gasteiger partial charge in [-0.15, -0.1) is 0 Å². The van der Waals surface area contributed by atoms with Crippen molar-refractivity contribution < 1.29 is 9.53 Å². The Morgan fingerprint density at radius 2 is 1.94 bits per heavy atom. The lowest BCUT2D eigenvalue weighted by Crippen LogP contribution is -1.99. The Balaban J connectivity index is 2.57. The Kier molecular flexibility index (Phi) is 5.06. The number of carbonyl (C=O) groups excluding carboxylic acids is 1. The third-order valence-corrected chi connectivity index (χ3v) is 2.17. The smallest absolute Gasteiger partial charge is 0.150 e. The highest BCUT2D eigenvalue weighted by Crippen LogP contribution is 2.12. The van der Waals surface area contributed by atoms with E-state index in [4.69, 9.17) is 4.74 Å². The Morgan fingerprint density at radius 1 is 1.25 bits per heavy atom. The van der Waals surface area contributed by atoms with Crippen molar-refractivity contribution in [3.8, 4) is 5.75 Å². The molecule has 0 radical (unpaired) electrons. The van der Waals surface area contributed by atoms with Crippen molar-refractivity contribution in [1.29, 1.82) is 0 Å². The van der Waals surface area contributed by atoms with Crippen LogP contribution in [0.25, 0.3) is 0 Å². The number of hydrogen-bond acceptors (Lipinski definition) is 2. The van der Waals surface area contributed by atoms with Gasteiger partial charge in [0.25, 0.3) is 0 Å². The summed E-state index contributed by atoms with van der Waals surface area (Å²) in [5.74, 6) is 0.773. The molecule has 2 heteroatoms. The minimum atomic E-state index is 0.543. The van der Waals surface area contributed by atoms with Crippen molar-refractivity contribution in [3.63, 3.8) is 0 Å². The topological polar surface area (TPSA) is 26.3 Å². The largest absolute Gasteiger partial charge is 0.489 e. The Morgan fingerprint density at radius 3 is 2.44 bits per heavy atom. The molecule has 0 fully saturated rings. The highest BCUT2D eigenvalue weighted by atomic mass is 16.5. The molecule has 0 unspecified atom stereocenters. The van der Waals surface area contributed by atoms with Crippen molar-refractivity contribution in [1.82, 2.24) is 0 Å². The van der Waals surface area contributed by atoms with E-state index in [-0.39, 0.29) is 0 Å². The van der Waals surface area contributed by atoms with Crippen LogP contribution in [0.2, 0.25) is 0 Å². The summed E-state index contributed by atoms with van der Waals surface area (Å²) in [6, 6.07) is 7.08. The maximum Gasteiger partial charge on any atom is 0.150 e. The number of allylic oxidation sites excluding steroid dienone is 2. The van der Waals surface area contributed by atoms with E-state index < -0.39 is 0 Å². The number of hydrogen-bond donors (Lipinski definition) is 0. The van der Waals surface area contributed by atoms with Gasteiger partial charge in [-0.2, -0.15) is 0 Å². The molecule has 84 valence electrons. The lowest BCUT2D eigenvalue weighted by molar-refractivity contribution is 0.112. The van der Waals surface area contributed by atoms with Crippen LogP contribution in [0.3, 0.4) is 0 Å². The molecule has 0 aliphatic rings. The maximum atomic E-state index is 10.5. The van der Waals surface area contributed by atoms with Gasteiger partial charge in [-0.1, -0.05) is 18.2 Å². The minimum Gasteiger partial charge on any atom is -0.489 e. The number of carbonyl (C=O) groups is 1. The van der Waals surface area contributed by atoms with Crippen molar-refractivity contribution in [3.05, 3.63) is 53.6 Å². The first-order valence-corrected chi connectivity index (χ1v) is 5.26. The molecule has 0 heterocycles. The fourth-order valence-electron chi connectivity index (χ4n) is 1.25. The summed E-state index contributed by atoms with van der Waals surface area (Å²) in [5.41, 5.74) is 1.79. The van der Waals surface area contributed by atoms with Gasteiger partial charge in [0.05, 0.1) is 0 Å². The predicted octanol–water partition coefficient (Wildman–Crippen LogP) is 3.40. The molecule has 0 N–H and O–H groups in total. The zero-order chi connectivity index (χ0) is 11.8. The number of rotatable bonds is 5. The van der Waals surface area contributed by atoms with Crippen LogP contribution in [0.15, 0.2) is 48.1 Å². The fourth-order valence-corrected chi connectivity index (χ4v) is 1.25. The SMILES string of the molecule is C/C=C\C(=C/C)COc1ccc(C=O)cc1. The van der Waals surface area contributed by atoms with Crippen LogP contribution < -0.4 is 4.74 Å². The van der Waals surface area contributed by atoms with Crippen molar-refractivity contribution in [2.75, 3.05) is 6.61 Å². The lowest BCUT2D eigenvalue weighted by Gasteiger charge is -2.06. The minimum absolute atomic E-state index is 0.543. The van der Waals surface area contributed by atoms with Gasteiger partial charge < -0.3 is 4.74 Å². The second-order valence-corrected chi connectivity index (χ2v) is 3.34. The van der Waals surface area contributed by atoms with Crippen LogP contribution >= 0.6 is 0 Å². The summed E-state index contributed by atoms with van der Waals surface area (Å²) in [4.78, 5) is 10.5. The summed E-state index contributed by atoms with van der Waals surface area (Å²) in [5, 5.41) is 0. The van der Waals surface area contributed by atoms with Gasteiger partial charge in [-0.05, 0) is 43.7 Å². The second kappa shape index (κ2) is 6.62. The van der Waals surface area contributed by atoms with Gasteiger partial charge in [-0.25, -0.2) is 0 Å². The van der Waals surface area contributed by atoms with Crippen LogP contribution in [-0.4, -0.2) is 12.9 Å². The molecule has 16 heavy (non-hydrogen) atoms. The monoisotopic (exact) mass is 216 g/mol. The highest BCUT2D eigenvalue weighted by molar-refractivity contribution is 5.74. The zero-order valence-electron chi connectivity index (χ0n) is 9.64. The first-order valence-electron chi connectivity index (χ1n) is 5.26. The van der Waals surface area contributed by atoms with Crippen molar-refractivity contribution >= 4 is 6.29 Å². The first kappa shape index (κ1) is 12.2. The van der Waals surface area contributed by atoms with Crippen molar-refractivity contribution in [2.24, 2.45) is 0 Å². The molecule has 0 saturated carbocycles. The van der Waals surface area contributed by atoms with E-state index in [0.717, 1.165) is 17.6 Å². The number of aldehydes is 1. The van der Waals surface area contributed by atoms with Crippen LogP contribution in [0, 0.1) is 0 Å². The van der Waals surface area contributed by atoms with Gasteiger partial charge in [0.15, 0.2) is 0 Å². The Labute approximate surface area is 96.2 Å². The highest BCUT2D eigenvalue weighted by Gasteiger charge is 1.96. The summed E-state index contributed by atoms with van der Waals surface area (Å²) < 4.78 is 5.58. The molecule has 1 aromatic carbocycles. The van der Waals surface area contributed by atoms with E-state index in [1.807, 2.05) is 32.1 Å². The lowest BCUT2D eigenvalue weighted by atomic mass is 10.2. The summed E-state index contributed by atoms with van der Waals surface area (Å²) in [6.45, 7) is 4.50. The third-order valence-electron chi connectivity index (χ3n) is 2.17. The Bertz CT molecular complexity index is 386. The molecule has 0 aliphatic heterocycles. The second-order valence-electron chi connectivity index (χ2n) is 3.34. The molecule has 0 aromatic heterocycles. The summed E-state index contributed by atoms with van der Waals surface area (Å²) >= 11 is 0. The quantitative estimate of drug-likeness (QED) is 0.557. The third kappa shape index (κ3) is 3.73. The van der Waals surface area contributed by atoms with Gasteiger partial charge in [0.2, 0.25) is 0 Å². The van der Waals surface area contributed by atoms with Gasteiger partial charge in [0, 0.05) is 5.56 Å². The molecule has 0 aliphatic carbocycles. The first-order chi connectivity index (χ1) is 7.80. The van der Waals surface area contributed by atoms with Gasteiger partial charge in [0.1, 0.15) is 18.6 Å². The molecular weight excluding hydrogens is 200 g/mol. The molecular formula is C14H16O2. The van der Waals surface area contributed by atoms with Gasteiger partial charge in [-0.3, -0.25) is 4.79 Å². The molecule has 0 atom stereocenters. The normalized spacial score (nSPS) is 11.8. The average molecular weight is 216 g/mol. The predicted molar refractivity (Wildman–Crippen MR) is 65.9 cm³/mol. The van der Waals surface area contributed by atoms with Crippen molar-refractivity contribution in [2.45, 2.75) is 13.8 Å². The molecule has 1 aromatic rings. The molecule has 1 rings (SSSR count). The number of benzene rings is 1. The molecule has 0 amide bonds. The van der Waals surface area contributed by atoms with E-state index in [2.05, 4.69) is 0 Å². The standard InChI is InChI=1S/C14H16O2/c1-3-5-12(4-2)11-16-14-8-6-13(10-15)7-9-14/h3-10H,11H2,1-2H3/b5-3-,12-4+. The molecule has 2 nitrogen and oxygen atoms in total. The molecule has 0 spiro atoms. The zero-order valence-corrected chi connectivity index (χ0v) is 9.64. The van der Waals surface area contributed by atoms with Gasteiger partial charge >= 0.3 is 0 Å². The Hall–Kier alpha value is -1.83. The molecule has 0 saturated heterocycles. The maximum absolute atomic E-state index is 10.5. The summed E-state index contributed by atoms with van der Waals surface area (Å²) in [6.07, 6.45) is 6.83. The van der Waals surface area contributed by atoms with Crippen LogP contribution in [0.4, 0.5) is 0 Å². The van der Waals surface area contributed by atoms with Crippen LogP contribution in [0.5, 0.6) is 5.75 Å². The number of ether oxygens (including phenoxy) is 1. The summed E-state index contributed by atoms with van der Waals surface area (Å²) in [7, 11) is 0.